The van der Waals surface area contributed by atoms with Gasteiger partial charge in [0.05, 0.1) is 17.2 Å². The van der Waals surface area contributed by atoms with E-state index in [1.165, 1.54) is 6.33 Å². The van der Waals surface area contributed by atoms with Crippen LogP contribution in [0.15, 0.2) is 59.7 Å². The maximum atomic E-state index is 12.8. The lowest BCUT2D eigenvalue weighted by Gasteiger charge is -2.09. The van der Waals surface area contributed by atoms with Crippen LogP contribution in [0.25, 0.3) is 21.8 Å². The predicted molar refractivity (Wildman–Crippen MR) is 97.9 cm³/mol. The molecule has 124 valence electrons. The number of para-hydroxylation sites is 1. The lowest BCUT2D eigenvalue weighted by atomic mass is 10.2. The Hall–Kier alpha value is -3.41. The van der Waals surface area contributed by atoms with Gasteiger partial charge in [-0.2, -0.15) is 0 Å². The average molecular weight is 332 g/mol. The Morgan fingerprint density at radius 2 is 2.04 bits per heavy atom. The van der Waals surface area contributed by atoms with Crippen molar-refractivity contribution in [2.45, 2.75) is 13.5 Å². The number of nitrogens with one attached hydrogen (secondary N) is 2. The van der Waals surface area contributed by atoms with E-state index in [9.17, 15) is 9.59 Å². The fourth-order valence-corrected chi connectivity index (χ4v) is 3.08. The fraction of sp³-hybridized carbons (Fsp3) is 0.105. The minimum atomic E-state index is -0.233. The number of amides is 1. The van der Waals surface area contributed by atoms with Crippen LogP contribution >= 0.6 is 0 Å². The molecule has 0 radical (unpaired) electrons. The normalized spacial score (nSPS) is 11.1. The first-order valence-electron chi connectivity index (χ1n) is 8.04. The summed E-state index contributed by atoms with van der Waals surface area (Å²) < 4.78 is 1.97. The van der Waals surface area contributed by atoms with Crippen molar-refractivity contribution in [2.24, 2.45) is 0 Å². The van der Waals surface area contributed by atoms with Crippen molar-refractivity contribution in [1.29, 1.82) is 0 Å². The Kier molecular flexibility index (Phi) is 3.57. The standard InChI is InChI=1S/C19H16N4O2/c1-2-23-16-6-4-3-5-12(16)9-17(23)19(25)22-13-7-8-15-14(10-13)18(24)21-11-20-15/h3-11H,2H2,1H3,(H,22,25)(H,20,21,24). The summed E-state index contributed by atoms with van der Waals surface area (Å²) in [6, 6.07) is 14.9. The second-order valence-electron chi connectivity index (χ2n) is 5.75. The van der Waals surface area contributed by atoms with E-state index in [1.807, 2.05) is 41.8 Å². The molecule has 0 saturated heterocycles. The number of aryl methyl sites for hydroxylation is 1. The molecule has 0 fully saturated rings. The third kappa shape index (κ3) is 2.57. The summed E-state index contributed by atoms with van der Waals surface area (Å²) in [5, 5.41) is 4.34. The number of anilines is 1. The molecule has 0 unspecified atom stereocenters. The second kappa shape index (κ2) is 5.90. The monoisotopic (exact) mass is 332 g/mol. The zero-order valence-corrected chi connectivity index (χ0v) is 13.6. The van der Waals surface area contributed by atoms with Gasteiger partial charge in [-0.3, -0.25) is 9.59 Å². The third-order valence-corrected chi connectivity index (χ3v) is 4.26. The fourth-order valence-electron chi connectivity index (χ4n) is 3.08. The molecule has 0 aliphatic carbocycles. The summed E-state index contributed by atoms with van der Waals surface area (Å²) in [5.41, 5.74) is 2.52. The number of hydrogen-bond acceptors (Lipinski definition) is 3. The first-order chi connectivity index (χ1) is 12.2. The van der Waals surface area contributed by atoms with Crippen molar-refractivity contribution in [3.63, 3.8) is 0 Å². The lowest BCUT2D eigenvalue weighted by Crippen LogP contribution is -2.17. The average Bonchev–Trinajstić information content (AvgIpc) is 3.01. The van der Waals surface area contributed by atoms with E-state index in [-0.39, 0.29) is 11.5 Å². The highest BCUT2D eigenvalue weighted by molar-refractivity contribution is 6.07. The Balaban J connectivity index is 1.73. The summed E-state index contributed by atoms with van der Waals surface area (Å²) >= 11 is 0. The minimum absolute atomic E-state index is 0.210. The number of hydrogen-bond donors (Lipinski definition) is 2. The summed E-state index contributed by atoms with van der Waals surface area (Å²) in [5.74, 6) is -0.210. The minimum Gasteiger partial charge on any atom is -0.337 e. The molecule has 2 aromatic carbocycles. The molecule has 4 rings (SSSR count). The molecule has 0 spiro atoms. The SMILES string of the molecule is CCn1c(C(=O)Nc2ccc3nc[nH]c(=O)c3c2)cc2ccccc21. The van der Waals surface area contributed by atoms with Crippen LogP contribution in [0.3, 0.4) is 0 Å². The van der Waals surface area contributed by atoms with E-state index in [2.05, 4.69) is 15.3 Å². The topological polar surface area (TPSA) is 79.8 Å². The molecule has 2 aromatic heterocycles. The van der Waals surface area contributed by atoms with Crippen LogP contribution in [0.4, 0.5) is 5.69 Å². The highest BCUT2D eigenvalue weighted by atomic mass is 16.2. The zero-order chi connectivity index (χ0) is 17.4. The van der Waals surface area contributed by atoms with Gasteiger partial charge in [-0.25, -0.2) is 4.98 Å². The molecule has 6 heteroatoms. The van der Waals surface area contributed by atoms with Gasteiger partial charge in [0.2, 0.25) is 0 Å². The number of fused-ring (bicyclic) bond motifs is 2. The Labute approximate surface area is 143 Å². The third-order valence-electron chi connectivity index (χ3n) is 4.26. The zero-order valence-electron chi connectivity index (χ0n) is 13.6. The summed E-state index contributed by atoms with van der Waals surface area (Å²) in [7, 11) is 0. The molecule has 0 bridgehead atoms. The van der Waals surface area contributed by atoms with Crippen LogP contribution < -0.4 is 10.9 Å². The molecule has 6 nitrogen and oxygen atoms in total. The smallest absolute Gasteiger partial charge is 0.272 e. The number of benzene rings is 2. The van der Waals surface area contributed by atoms with Gasteiger partial charge in [0.15, 0.2) is 0 Å². The summed E-state index contributed by atoms with van der Waals surface area (Å²) in [4.78, 5) is 31.3. The molecular formula is C19H16N4O2. The highest BCUT2D eigenvalue weighted by Crippen LogP contribution is 2.21. The summed E-state index contributed by atoms with van der Waals surface area (Å²) in [6.45, 7) is 2.70. The predicted octanol–water partition coefficient (Wildman–Crippen LogP) is 3.15. The molecule has 0 aliphatic heterocycles. The van der Waals surface area contributed by atoms with E-state index in [1.54, 1.807) is 18.2 Å². The maximum Gasteiger partial charge on any atom is 0.272 e. The van der Waals surface area contributed by atoms with E-state index in [0.717, 1.165) is 10.9 Å². The van der Waals surface area contributed by atoms with Crippen molar-refractivity contribution in [2.75, 3.05) is 5.32 Å². The molecule has 2 heterocycles. The quantitative estimate of drug-likeness (QED) is 0.605. The number of aromatic amines is 1. The maximum absolute atomic E-state index is 12.8. The van der Waals surface area contributed by atoms with E-state index in [4.69, 9.17) is 0 Å². The van der Waals surface area contributed by atoms with Gasteiger partial charge in [-0.05, 0) is 37.3 Å². The summed E-state index contributed by atoms with van der Waals surface area (Å²) in [6.07, 6.45) is 1.36. The Bertz CT molecular complexity index is 1160. The highest BCUT2D eigenvalue weighted by Gasteiger charge is 2.15. The number of nitrogens with zero attached hydrogens (tertiary/aromatic N) is 2. The van der Waals surface area contributed by atoms with Gasteiger partial charge in [0.1, 0.15) is 5.69 Å². The van der Waals surface area contributed by atoms with Gasteiger partial charge < -0.3 is 14.9 Å². The van der Waals surface area contributed by atoms with E-state index >= 15 is 0 Å². The molecule has 1 amide bonds. The largest absolute Gasteiger partial charge is 0.337 e. The molecule has 0 aliphatic rings. The van der Waals surface area contributed by atoms with Crippen LogP contribution in [-0.4, -0.2) is 20.4 Å². The van der Waals surface area contributed by atoms with Crippen molar-refractivity contribution in [3.8, 4) is 0 Å². The van der Waals surface area contributed by atoms with Gasteiger partial charge >= 0.3 is 0 Å². The molecule has 2 N–H and O–H groups in total. The van der Waals surface area contributed by atoms with Crippen molar-refractivity contribution in [3.05, 3.63) is 70.9 Å². The Morgan fingerprint density at radius 1 is 1.20 bits per heavy atom. The first-order valence-corrected chi connectivity index (χ1v) is 8.04. The van der Waals surface area contributed by atoms with E-state index < -0.39 is 0 Å². The van der Waals surface area contributed by atoms with Crippen LogP contribution in [0.5, 0.6) is 0 Å². The number of carbonyl (C=O) groups excluding carboxylic acids is 1. The molecule has 25 heavy (non-hydrogen) atoms. The lowest BCUT2D eigenvalue weighted by molar-refractivity contribution is 0.101. The van der Waals surface area contributed by atoms with Gasteiger partial charge in [0.25, 0.3) is 11.5 Å². The van der Waals surface area contributed by atoms with Gasteiger partial charge in [-0.15, -0.1) is 0 Å². The Morgan fingerprint density at radius 3 is 2.88 bits per heavy atom. The molecule has 0 saturated carbocycles. The van der Waals surface area contributed by atoms with Crippen molar-refractivity contribution < 1.29 is 4.79 Å². The number of rotatable bonds is 3. The molecule has 4 aromatic rings. The van der Waals surface area contributed by atoms with Gasteiger partial charge in [0, 0.05) is 23.1 Å². The molecular weight excluding hydrogens is 316 g/mol. The van der Waals surface area contributed by atoms with Crippen molar-refractivity contribution in [1.82, 2.24) is 14.5 Å². The van der Waals surface area contributed by atoms with Gasteiger partial charge in [-0.1, -0.05) is 18.2 Å². The number of aromatic nitrogens is 3. The van der Waals surface area contributed by atoms with E-state index in [0.29, 0.717) is 28.8 Å². The van der Waals surface area contributed by atoms with Crippen LogP contribution in [-0.2, 0) is 6.54 Å². The van der Waals surface area contributed by atoms with Crippen LogP contribution in [0, 0.1) is 0 Å². The number of carbonyl (C=O) groups is 1. The molecule has 0 atom stereocenters. The van der Waals surface area contributed by atoms with Crippen molar-refractivity contribution >= 4 is 33.4 Å². The number of H-pyrrole nitrogens is 1. The first kappa shape index (κ1) is 15.1. The van der Waals surface area contributed by atoms with Crippen LogP contribution in [0.2, 0.25) is 0 Å². The second-order valence-corrected chi connectivity index (χ2v) is 5.75. The van der Waals surface area contributed by atoms with Crippen LogP contribution in [0.1, 0.15) is 17.4 Å².